The average Bonchev–Trinajstić information content (AvgIpc) is 3.21. The summed E-state index contributed by atoms with van der Waals surface area (Å²) in [6, 6.07) is 17.7. The number of likely N-dealkylation sites (tertiary alicyclic amines) is 1. The van der Waals surface area contributed by atoms with Crippen LogP contribution in [0.2, 0.25) is 0 Å². The lowest BCUT2D eigenvalue weighted by atomic mass is 9.88. The van der Waals surface area contributed by atoms with Crippen LogP contribution in [0.1, 0.15) is 29.7 Å². The minimum atomic E-state index is -3.38. The summed E-state index contributed by atoms with van der Waals surface area (Å²) in [4.78, 5) is 2.46. The van der Waals surface area contributed by atoms with Crippen molar-refractivity contribution in [2.75, 3.05) is 26.2 Å². The zero-order valence-corrected chi connectivity index (χ0v) is 16.9. The first-order valence-electron chi connectivity index (χ1n) is 9.81. The number of aryl methyl sites for hydroxylation is 1. The molecule has 2 aliphatic heterocycles. The van der Waals surface area contributed by atoms with Crippen molar-refractivity contribution >= 4 is 10.0 Å². The molecular weight excluding hydrogens is 356 g/mol. The minimum Gasteiger partial charge on any atom is -0.303 e. The maximum atomic E-state index is 13.4. The van der Waals surface area contributed by atoms with Gasteiger partial charge in [0.2, 0.25) is 10.0 Å². The van der Waals surface area contributed by atoms with Crippen LogP contribution in [0.15, 0.2) is 54.6 Å². The molecule has 0 aliphatic carbocycles. The zero-order valence-electron chi connectivity index (χ0n) is 16.1. The first-order valence-corrected chi connectivity index (χ1v) is 11.4. The van der Waals surface area contributed by atoms with Gasteiger partial charge in [-0.2, -0.15) is 4.31 Å². The molecule has 0 saturated carbocycles. The van der Waals surface area contributed by atoms with Gasteiger partial charge in [-0.1, -0.05) is 61.5 Å². The highest BCUT2D eigenvalue weighted by Gasteiger charge is 2.51. The van der Waals surface area contributed by atoms with Crippen LogP contribution in [-0.2, 0) is 15.8 Å². The second kappa shape index (κ2) is 7.38. The fraction of sp³-hybridized carbons (Fsp3) is 0.455. The Bertz CT molecular complexity index is 898. The third-order valence-corrected chi connectivity index (χ3v) is 7.99. The molecule has 4 nitrogen and oxygen atoms in total. The molecule has 27 heavy (non-hydrogen) atoms. The summed E-state index contributed by atoms with van der Waals surface area (Å²) in [7, 11) is -3.38. The van der Waals surface area contributed by atoms with Crippen LogP contribution in [0, 0.1) is 18.8 Å². The van der Waals surface area contributed by atoms with Crippen LogP contribution in [0.5, 0.6) is 0 Å². The highest BCUT2D eigenvalue weighted by Crippen LogP contribution is 2.47. The molecule has 2 aromatic rings. The highest BCUT2D eigenvalue weighted by atomic mass is 32.2. The fourth-order valence-corrected chi connectivity index (χ4v) is 6.63. The van der Waals surface area contributed by atoms with Gasteiger partial charge >= 0.3 is 0 Å². The summed E-state index contributed by atoms with van der Waals surface area (Å²) in [6.07, 6.45) is 0. The largest absolute Gasteiger partial charge is 0.303 e. The lowest BCUT2D eigenvalue weighted by Crippen LogP contribution is -2.36. The maximum absolute atomic E-state index is 13.4. The van der Waals surface area contributed by atoms with Crippen molar-refractivity contribution in [1.82, 2.24) is 9.21 Å². The second-order valence-electron chi connectivity index (χ2n) is 7.89. The van der Waals surface area contributed by atoms with E-state index in [1.807, 2.05) is 46.8 Å². The molecule has 0 bridgehead atoms. The first-order chi connectivity index (χ1) is 13.0. The van der Waals surface area contributed by atoms with Gasteiger partial charge in [-0.25, -0.2) is 8.42 Å². The Morgan fingerprint density at radius 1 is 0.963 bits per heavy atom. The van der Waals surface area contributed by atoms with Gasteiger partial charge in [0, 0.05) is 19.6 Å². The first kappa shape index (κ1) is 18.7. The van der Waals surface area contributed by atoms with E-state index in [4.69, 9.17) is 0 Å². The molecule has 144 valence electrons. The van der Waals surface area contributed by atoms with E-state index in [9.17, 15) is 8.42 Å². The molecule has 0 unspecified atom stereocenters. The molecular formula is C22H28N2O2S. The third-order valence-electron chi connectivity index (χ3n) is 6.20. The highest BCUT2D eigenvalue weighted by molar-refractivity contribution is 7.88. The van der Waals surface area contributed by atoms with Crippen molar-refractivity contribution in [3.8, 4) is 0 Å². The maximum Gasteiger partial charge on any atom is 0.218 e. The van der Waals surface area contributed by atoms with Crippen LogP contribution in [-0.4, -0.2) is 43.8 Å². The van der Waals surface area contributed by atoms with Crippen molar-refractivity contribution in [1.29, 1.82) is 0 Å². The lowest BCUT2D eigenvalue weighted by Gasteiger charge is -2.30. The molecule has 2 heterocycles. The van der Waals surface area contributed by atoms with Crippen LogP contribution in [0.25, 0.3) is 0 Å². The SMILES string of the molecule is CCN1C[C@H]2CN(S(=O)(=O)Cc3ccccc3)[C@@H](c3ccccc3C)[C@H]2C1. The number of hydrogen-bond acceptors (Lipinski definition) is 3. The van der Waals surface area contributed by atoms with E-state index in [1.54, 1.807) is 0 Å². The fourth-order valence-electron chi connectivity index (χ4n) is 4.81. The zero-order chi connectivity index (χ0) is 19.0. The molecule has 2 fully saturated rings. The summed E-state index contributed by atoms with van der Waals surface area (Å²) in [6.45, 7) is 7.93. The van der Waals surface area contributed by atoms with Crippen molar-refractivity contribution in [2.24, 2.45) is 11.8 Å². The Hall–Kier alpha value is -1.69. The third kappa shape index (κ3) is 3.56. The monoisotopic (exact) mass is 384 g/mol. The topological polar surface area (TPSA) is 40.6 Å². The molecule has 5 heteroatoms. The lowest BCUT2D eigenvalue weighted by molar-refractivity contribution is 0.274. The van der Waals surface area contributed by atoms with Crippen molar-refractivity contribution in [3.63, 3.8) is 0 Å². The van der Waals surface area contributed by atoms with Gasteiger partial charge in [-0.15, -0.1) is 0 Å². The van der Waals surface area contributed by atoms with Gasteiger partial charge in [0.05, 0.1) is 11.8 Å². The number of benzene rings is 2. The van der Waals surface area contributed by atoms with Gasteiger partial charge in [0.15, 0.2) is 0 Å². The Morgan fingerprint density at radius 2 is 1.67 bits per heavy atom. The summed E-state index contributed by atoms with van der Waals surface area (Å²) < 4.78 is 28.6. The summed E-state index contributed by atoms with van der Waals surface area (Å²) in [5.74, 6) is 0.865. The van der Waals surface area contributed by atoms with E-state index >= 15 is 0 Å². The Kier molecular flexibility index (Phi) is 5.10. The molecule has 0 aromatic heterocycles. The standard InChI is InChI=1S/C22H28N2O2S/c1-3-23-13-19-14-24(27(25,26)16-18-10-5-4-6-11-18)22(21(19)15-23)20-12-8-7-9-17(20)2/h4-12,19,21-22H,3,13-16H2,1-2H3/t19-,21-,22-/m0/s1. The van der Waals surface area contributed by atoms with Crippen molar-refractivity contribution < 1.29 is 8.42 Å². The predicted octanol–water partition coefficient (Wildman–Crippen LogP) is 3.45. The predicted molar refractivity (Wildman–Crippen MR) is 109 cm³/mol. The van der Waals surface area contributed by atoms with E-state index in [2.05, 4.69) is 30.9 Å². The van der Waals surface area contributed by atoms with E-state index in [1.165, 1.54) is 11.1 Å². The molecule has 4 rings (SSSR count). The van der Waals surface area contributed by atoms with Gasteiger partial charge < -0.3 is 4.90 Å². The number of sulfonamides is 1. The van der Waals surface area contributed by atoms with Crippen LogP contribution >= 0.6 is 0 Å². The smallest absolute Gasteiger partial charge is 0.218 e. The molecule has 0 N–H and O–H groups in total. The Morgan fingerprint density at radius 3 is 2.37 bits per heavy atom. The van der Waals surface area contributed by atoms with Crippen molar-refractivity contribution in [2.45, 2.75) is 25.6 Å². The summed E-state index contributed by atoms with van der Waals surface area (Å²) in [5.41, 5.74) is 3.20. The van der Waals surface area contributed by atoms with Crippen molar-refractivity contribution in [3.05, 3.63) is 71.3 Å². The van der Waals surface area contributed by atoms with Crippen LogP contribution < -0.4 is 0 Å². The normalized spacial score (nSPS) is 26.4. The Labute approximate surface area is 162 Å². The molecule has 2 saturated heterocycles. The minimum absolute atomic E-state index is 0.0542. The van der Waals surface area contributed by atoms with Gasteiger partial charge in [-0.05, 0) is 42.0 Å². The number of fused-ring (bicyclic) bond motifs is 1. The van der Waals surface area contributed by atoms with Crippen LogP contribution in [0.4, 0.5) is 0 Å². The van der Waals surface area contributed by atoms with E-state index in [-0.39, 0.29) is 11.8 Å². The molecule has 0 amide bonds. The summed E-state index contributed by atoms with van der Waals surface area (Å²) in [5, 5.41) is 0. The van der Waals surface area contributed by atoms with Crippen LogP contribution in [0.3, 0.4) is 0 Å². The second-order valence-corrected chi connectivity index (χ2v) is 9.81. The van der Waals surface area contributed by atoms with Gasteiger partial charge in [0.1, 0.15) is 0 Å². The summed E-state index contributed by atoms with van der Waals surface area (Å²) >= 11 is 0. The number of hydrogen-bond donors (Lipinski definition) is 0. The molecule has 3 atom stereocenters. The Balaban J connectivity index is 1.70. The van der Waals surface area contributed by atoms with Gasteiger partial charge in [0.25, 0.3) is 0 Å². The number of nitrogens with zero attached hydrogens (tertiary/aromatic N) is 2. The molecule has 2 aromatic carbocycles. The molecule has 2 aliphatic rings. The average molecular weight is 385 g/mol. The van der Waals surface area contributed by atoms with E-state index in [0.29, 0.717) is 18.4 Å². The van der Waals surface area contributed by atoms with E-state index in [0.717, 1.165) is 25.2 Å². The molecule has 0 radical (unpaired) electrons. The van der Waals surface area contributed by atoms with E-state index < -0.39 is 10.0 Å². The number of rotatable bonds is 5. The van der Waals surface area contributed by atoms with Gasteiger partial charge in [-0.3, -0.25) is 0 Å². The molecule has 0 spiro atoms. The quantitative estimate of drug-likeness (QED) is 0.793.